The van der Waals surface area contributed by atoms with Gasteiger partial charge in [-0.15, -0.1) is 0 Å². The molecule has 1 amide bonds. The molecule has 2 heterocycles. The molecule has 0 atom stereocenters. The second-order valence-corrected chi connectivity index (χ2v) is 9.24. The molecular formula is C27H26F2N4O2. The highest BCUT2D eigenvalue weighted by Gasteiger charge is 2.24. The maximum atomic E-state index is 13.5. The van der Waals surface area contributed by atoms with Crippen molar-refractivity contribution < 1.29 is 18.7 Å². The van der Waals surface area contributed by atoms with Crippen LogP contribution in [0.1, 0.15) is 47.8 Å². The summed E-state index contributed by atoms with van der Waals surface area (Å²) in [5, 5.41) is 17.9. The van der Waals surface area contributed by atoms with Crippen LogP contribution in [-0.2, 0) is 0 Å². The lowest BCUT2D eigenvalue weighted by Crippen LogP contribution is -2.31. The average Bonchev–Trinajstić information content (AvgIpc) is 3.29. The highest BCUT2D eigenvalue weighted by Crippen LogP contribution is 2.33. The summed E-state index contributed by atoms with van der Waals surface area (Å²) in [4.78, 5) is 16.6. The number of aromatic nitrogens is 3. The summed E-state index contributed by atoms with van der Waals surface area (Å²) < 4.78 is 29.1. The van der Waals surface area contributed by atoms with Crippen molar-refractivity contribution in [3.8, 4) is 16.9 Å². The van der Waals surface area contributed by atoms with E-state index in [1.807, 2.05) is 19.2 Å². The van der Waals surface area contributed by atoms with Crippen molar-refractivity contribution in [3.05, 3.63) is 77.8 Å². The lowest BCUT2D eigenvalue weighted by molar-refractivity contribution is 0.0940. The first kappa shape index (κ1) is 23.0. The highest BCUT2D eigenvalue weighted by molar-refractivity contribution is 5.94. The number of nitrogens with zero attached hydrogens (tertiary/aromatic N) is 3. The van der Waals surface area contributed by atoms with E-state index >= 15 is 0 Å². The average molecular weight is 477 g/mol. The molecule has 0 radical (unpaired) electrons. The Hall–Kier alpha value is -3.81. The molecule has 5 rings (SSSR count). The van der Waals surface area contributed by atoms with E-state index in [1.54, 1.807) is 0 Å². The standard InChI is InChI=1S/C27H26F2N4O2/c1-16-10-19(8-9-30-16)18-4-5-20-15-33(32-25(20)13-18)22-6-2-17(3-7-22)14-31-27(35)21-11-23(28)26(34)24(29)12-21/h4-5,8-13,15,17,22,34H,2-3,6-7,14H2,1H3,(H,31,35). The molecule has 0 bridgehead atoms. The minimum Gasteiger partial charge on any atom is -0.503 e. The summed E-state index contributed by atoms with van der Waals surface area (Å²) in [6, 6.07) is 12.3. The van der Waals surface area contributed by atoms with E-state index in [1.165, 1.54) is 0 Å². The third-order valence-corrected chi connectivity index (χ3v) is 6.78. The predicted molar refractivity (Wildman–Crippen MR) is 129 cm³/mol. The zero-order chi connectivity index (χ0) is 24.5. The number of aryl methyl sites for hydroxylation is 1. The van der Waals surface area contributed by atoms with Crippen molar-refractivity contribution in [2.24, 2.45) is 5.92 Å². The number of phenols is 1. The first-order valence-electron chi connectivity index (χ1n) is 11.8. The van der Waals surface area contributed by atoms with Gasteiger partial charge in [0.25, 0.3) is 5.91 Å². The van der Waals surface area contributed by atoms with E-state index in [-0.39, 0.29) is 11.5 Å². The zero-order valence-electron chi connectivity index (χ0n) is 19.3. The van der Waals surface area contributed by atoms with Gasteiger partial charge in [0.15, 0.2) is 17.4 Å². The van der Waals surface area contributed by atoms with Crippen molar-refractivity contribution in [1.82, 2.24) is 20.1 Å². The molecule has 0 saturated heterocycles. The van der Waals surface area contributed by atoms with Crippen LogP contribution in [0.5, 0.6) is 5.75 Å². The maximum absolute atomic E-state index is 13.5. The molecule has 0 spiro atoms. The lowest BCUT2D eigenvalue weighted by Gasteiger charge is -2.28. The van der Waals surface area contributed by atoms with Crippen LogP contribution in [0.3, 0.4) is 0 Å². The van der Waals surface area contributed by atoms with Crippen molar-refractivity contribution in [2.75, 3.05) is 6.54 Å². The van der Waals surface area contributed by atoms with Crippen LogP contribution in [0.15, 0.2) is 54.9 Å². The van der Waals surface area contributed by atoms with Crippen molar-refractivity contribution in [1.29, 1.82) is 0 Å². The van der Waals surface area contributed by atoms with E-state index in [0.717, 1.165) is 65.5 Å². The normalized spacial score (nSPS) is 18.0. The number of hydrogen-bond donors (Lipinski definition) is 2. The molecule has 1 fully saturated rings. The molecule has 1 aliphatic carbocycles. The topological polar surface area (TPSA) is 80.0 Å². The molecule has 0 aliphatic heterocycles. The highest BCUT2D eigenvalue weighted by atomic mass is 19.1. The summed E-state index contributed by atoms with van der Waals surface area (Å²) >= 11 is 0. The Morgan fingerprint density at radius 3 is 2.49 bits per heavy atom. The minimum absolute atomic E-state index is 0.143. The number of rotatable bonds is 5. The van der Waals surface area contributed by atoms with Gasteiger partial charge in [0, 0.05) is 35.6 Å². The van der Waals surface area contributed by atoms with Gasteiger partial charge in [0.1, 0.15) is 0 Å². The van der Waals surface area contributed by atoms with Crippen molar-refractivity contribution >= 4 is 16.8 Å². The Kier molecular flexibility index (Phi) is 6.19. The Bertz CT molecular complexity index is 1370. The molecular weight excluding hydrogens is 450 g/mol. The molecule has 2 aromatic carbocycles. The van der Waals surface area contributed by atoms with Crippen LogP contribution in [-0.4, -0.2) is 32.3 Å². The number of fused-ring (bicyclic) bond motifs is 1. The smallest absolute Gasteiger partial charge is 0.251 e. The predicted octanol–water partition coefficient (Wildman–Crippen LogP) is 5.55. The van der Waals surface area contributed by atoms with Gasteiger partial charge in [-0.2, -0.15) is 5.10 Å². The summed E-state index contributed by atoms with van der Waals surface area (Å²) in [5.41, 5.74) is 4.02. The maximum Gasteiger partial charge on any atom is 0.251 e. The second kappa shape index (κ2) is 9.44. The first-order valence-corrected chi connectivity index (χ1v) is 11.8. The molecule has 2 aromatic heterocycles. The summed E-state index contributed by atoms with van der Waals surface area (Å²) in [6.45, 7) is 2.41. The van der Waals surface area contributed by atoms with Crippen molar-refractivity contribution in [2.45, 2.75) is 38.6 Å². The van der Waals surface area contributed by atoms with Gasteiger partial charge in [-0.3, -0.25) is 14.5 Å². The van der Waals surface area contributed by atoms with Gasteiger partial charge in [0.05, 0.1) is 11.6 Å². The number of nitrogens with one attached hydrogen (secondary N) is 1. The number of pyridine rings is 1. The van der Waals surface area contributed by atoms with Crippen LogP contribution in [0.2, 0.25) is 0 Å². The molecule has 2 N–H and O–H groups in total. The lowest BCUT2D eigenvalue weighted by atomic mass is 9.86. The van der Waals surface area contributed by atoms with Crippen molar-refractivity contribution in [3.63, 3.8) is 0 Å². The Morgan fingerprint density at radius 1 is 1.06 bits per heavy atom. The van der Waals surface area contributed by atoms with Crippen LogP contribution >= 0.6 is 0 Å². The molecule has 1 aliphatic rings. The monoisotopic (exact) mass is 476 g/mol. The van der Waals surface area contributed by atoms with Gasteiger partial charge in [-0.1, -0.05) is 12.1 Å². The molecule has 1 saturated carbocycles. The van der Waals surface area contributed by atoms with Crippen LogP contribution in [0.25, 0.3) is 22.0 Å². The van der Waals surface area contributed by atoms with Crippen LogP contribution in [0.4, 0.5) is 8.78 Å². The summed E-state index contributed by atoms with van der Waals surface area (Å²) in [7, 11) is 0. The van der Waals surface area contributed by atoms with E-state index in [4.69, 9.17) is 5.10 Å². The Balaban J connectivity index is 1.19. The number of hydrogen-bond acceptors (Lipinski definition) is 4. The van der Waals surface area contributed by atoms with Crippen LogP contribution < -0.4 is 5.32 Å². The second-order valence-electron chi connectivity index (χ2n) is 9.24. The number of phenolic OH excluding ortho intramolecular Hbond substituents is 1. The van der Waals surface area contributed by atoms with E-state index in [2.05, 4.69) is 45.4 Å². The molecule has 4 aromatic rings. The van der Waals surface area contributed by atoms with E-state index < -0.39 is 23.3 Å². The van der Waals surface area contributed by atoms with Gasteiger partial charge in [0.2, 0.25) is 0 Å². The third kappa shape index (κ3) is 4.87. The SMILES string of the molecule is Cc1cc(-c2ccc3cn(C4CCC(CNC(=O)c5cc(F)c(O)c(F)c5)CC4)nc3c2)ccn1. The first-order chi connectivity index (χ1) is 16.9. The number of amides is 1. The van der Waals surface area contributed by atoms with Gasteiger partial charge in [-0.25, -0.2) is 8.78 Å². The fourth-order valence-corrected chi connectivity index (χ4v) is 4.78. The molecule has 8 heteroatoms. The molecule has 0 unspecified atom stereocenters. The minimum atomic E-state index is -1.15. The summed E-state index contributed by atoms with van der Waals surface area (Å²) in [6.07, 6.45) is 7.62. The number of carbonyl (C=O) groups is 1. The largest absolute Gasteiger partial charge is 0.503 e. The Morgan fingerprint density at radius 2 is 1.77 bits per heavy atom. The molecule has 180 valence electrons. The number of aromatic hydroxyl groups is 1. The van der Waals surface area contributed by atoms with Gasteiger partial charge < -0.3 is 10.4 Å². The Labute approximate surface area is 201 Å². The summed E-state index contributed by atoms with van der Waals surface area (Å²) in [5.74, 6) is -3.64. The number of halogens is 2. The third-order valence-electron chi connectivity index (χ3n) is 6.78. The number of carbonyl (C=O) groups excluding carboxylic acids is 1. The quantitative estimate of drug-likeness (QED) is 0.396. The fraction of sp³-hybridized carbons (Fsp3) is 0.296. The molecule has 35 heavy (non-hydrogen) atoms. The zero-order valence-corrected chi connectivity index (χ0v) is 19.3. The molecule has 6 nitrogen and oxygen atoms in total. The van der Waals surface area contributed by atoms with Gasteiger partial charge >= 0.3 is 0 Å². The number of benzene rings is 2. The van der Waals surface area contributed by atoms with E-state index in [0.29, 0.717) is 12.6 Å². The van der Waals surface area contributed by atoms with E-state index in [9.17, 15) is 18.7 Å². The van der Waals surface area contributed by atoms with Gasteiger partial charge in [-0.05, 0) is 80.0 Å². The fourth-order valence-electron chi connectivity index (χ4n) is 4.78. The van der Waals surface area contributed by atoms with Crippen LogP contribution in [0, 0.1) is 24.5 Å².